The van der Waals surface area contributed by atoms with Crippen molar-refractivity contribution in [3.63, 3.8) is 0 Å². The van der Waals surface area contributed by atoms with E-state index in [1.54, 1.807) is 12.1 Å². The number of ether oxygens (including phenoxy) is 2. The first-order chi connectivity index (χ1) is 14.0. The van der Waals surface area contributed by atoms with Crippen molar-refractivity contribution in [3.8, 4) is 11.5 Å². The Kier molecular flexibility index (Phi) is 7.24. The molecule has 0 atom stereocenters. The Balaban J connectivity index is 1.74. The number of nitrogens with one attached hydrogen (secondary N) is 1. The van der Waals surface area contributed by atoms with Crippen molar-refractivity contribution in [2.45, 2.75) is 27.0 Å². The van der Waals surface area contributed by atoms with E-state index in [2.05, 4.69) is 5.32 Å². The minimum absolute atomic E-state index is 0.0657. The summed E-state index contributed by atoms with van der Waals surface area (Å²) in [6.07, 6.45) is 0. The molecule has 0 aliphatic carbocycles. The monoisotopic (exact) mass is 433 g/mol. The first kappa shape index (κ1) is 21.3. The van der Waals surface area contributed by atoms with Crippen molar-refractivity contribution in [1.29, 1.82) is 0 Å². The quantitative estimate of drug-likeness (QED) is 0.413. The second-order valence-corrected chi connectivity index (χ2v) is 7.39. The maximum Gasteiger partial charge on any atom is 0.163 e. The highest BCUT2D eigenvalue weighted by atomic mass is 35.5. The normalized spacial score (nSPS) is 10.7. The SMILES string of the molecule is CCOc1cc(CNc2ccc(F)c(Cl)c2)c(Cl)cc1OCc1ccc(C)cc1. The van der Waals surface area contributed by atoms with E-state index in [9.17, 15) is 4.39 Å². The van der Waals surface area contributed by atoms with Gasteiger partial charge in [-0.2, -0.15) is 0 Å². The number of hydrogen-bond acceptors (Lipinski definition) is 3. The van der Waals surface area contributed by atoms with Gasteiger partial charge >= 0.3 is 0 Å². The molecule has 6 heteroatoms. The standard InChI is InChI=1S/C23H22Cl2FNO2/c1-3-28-22-10-17(13-27-18-8-9-21(26)20(25)11-18)19(24)12-23(22)29-14-16-6-4-15(2)5-7-16/h4-12,27H,3,13-14H2,1-2H3. The molecule has 1 N–H and O–H groups in total. The Morgan fingerprint density at radius 1 is 0.897 bits per heavy atom. The Labute approximate surface area is 180 Å². The summed E-state index contributed by atoms with van der Waals surface area (Å²) in [7, 11) is 0. The van der Waals surface area contributed by atoms with Crippen molar-refractivity contribution >= 4 is 28.9 Å². The first-order valence-corrected chi connectivity index (χ1v) is 10.0. The third-order valence-corrected chi connectivity index (χ3v) is 4.97. The summed E-state index contributed by atoms with van der Waals surface area (Å²) in [5, 5.41) is 3.80. The molecule has 152 valence electrons. The van der Waals surface area contributed by atoms with E-state index in [4.69, 9.17) is 32.7 Å². The second kappa shape index (κ2) is 9.86. The highest BCUT2D eigenvalue weighted by molar-refractivity contribution is 6.31. The Morgan fingerprint density at radius 2 is 1.62 bits per heavy atom. The molecule has 3 nitrogen and oxygen atoms in total. The predicted molar refractivity (Wildman–Crippen MR) is 117 cm³/mol. The maximum atomic E-state index is 13.3. The van der Waals surface area contributed by atoms with Crippen LogP contribution in [0.3, 0.4) is 0 Å². The fourth-order valence-electron chi connectivity index (χ4n) is 2.74. The summed E-state index contributed by atoms with van der Waals surface area (Å²) >= 11 is 12.3. The third kappa shape index (κ3) is 5.78. The van der Waals surface area contributed by atoms with Gasteiger partial charge in [-0.3, -0.25) is 0 Å². The summed E-state index contributed by atoms with van der Waals surface area (Å²) in [6.45, 7) is 5.31. The van der Waals surface area contributed by atoms with Gasteiger partial charge in [-0.25, -0.2) is 4.39 Å². The molecule has 0 amide bonds. The number of halogens is 3. The van der Waals surface area contributed by atoms with E-state index in [-0.39, 0.29) is 5.02 Å². The van der Waals surface area contributed by atoms with Crippen molar-refractivity contribution in [3.05, 3.63) is 87.2 Å². The molecule has 3 aromatic carbocycles. The van der Waals surface area contributed by atoms with Crippen LogP contribution in [0.2, 0.25) is 10.0 Å². The van der Waals surface area contributed by atoms with E-state index in [1.165, 1.54) is 17.7 Å². The number of hydrogen-bond donors (Lipinski definition) is 1. The number of benzene rings is 3. The lowest BCUT2D eigenvalue weighted by atomic mass is 10.1. The van der Waals surface area contributed by atoms with E-state index in [0.29, 0.717) is 42.0 Å². The Bertz CT molecular complexity index is 977. The number of aryl methyl sites for hydroxylation is 1. The van der Waals surface area contributed by atoms with Gasteiger partial charge < -0.3 is 14.8 Å². The maximum absolute atomic E-state index is 13.3. The minimum Gasteiger partial charge on any atom is -0.490 e. The van der Waals surface area contributed by atoms with Crippen LogP contribution in [-0.2, 0) is 13.2 Å². The highest BCUT2D eigenvalue weighted by Gasteiger charge is 2.12. The summed E-state index contributed by atoms with van der Waals surface area (Å²) < 4.78 is 25.0. The van der Waals surface area contributed by atoms with Crippen molar-refractivity contribution in [1.82, 2.24) is 0 Å². The van der Waals surface area contributed by atoms with Crippen LogP contribution in [0.25, 0.3) is 0 Å². The first-order valence-electron chi connectivity index (χ1n) is 9.28. The molecule has 0 fully saturated rings. The fourth-order valence-corrected chi connectivity index (χ4v) is 3.14. The van der Waals surface area contributed by atoms with E-state index < -0.39 is 5.82 Å². The van der Waals surface area contributed by atoms with Gasteiger partial charge in [0.15, 0.2) is 11.5 Å². The van der Waals surface area contributed by atoms with Crippen LogP contribution in [0.4, 0.5) is 10.1 Å². The lowest BCUT2D eigenvalue weighted by Crippen LogP contribution is -2.04. The van der Waals surface area contributed by atoms with E-state index >= 15 is 0 Å². The average Bonchev–Trinajstić information content (AvgIpc) is 2.70. The molecule has 0 bridgehead atoms. The molecule has 0 unspecified atom stereocenters. The summed E-state index contributed by atoms with van der Waals surface area (Å²) in [6, 6.07) is 16.2. The number of anilines is 1. The Morgan fingerprint density at radius 3 is 2.31 bits per heavy atom. The summed E-state index contributed by atoms with van der Waals surface area (Å²) in [5.74, 6) is 0.757. The lowest BCUT2D eigenvalue weighted by Gasteiger charge is -2.16. The van der Waals surface area contributed by atoms with Crippen LogP contribution in [0.1, 0.15) is 23.6 Å². The molecular formula is C23H22Cl2FNO2. The molecule has 0 radical (unpaired) electrons. The van der Waals surface area contributed by atoms with Gasteiger partial charge in [0.05, 0.1) is 11.6 Å². The van der Waals surface area contributed by atoms with Crippen LogP contribution in [0, 0.1) is 12.7 Å². The molecule has 0 saturated carbocycles. The molecule has 0 aliphatic rings. The highest BCUT2D eigenvalue weighted by Crippen LogP contribution is 2.35. The molecule has 29 heavy (non-hydrogen) atoms. The molecule has 0 aliphatic heterocycles. The van der Waals surface area contributed by atoms with Crippen molar-refractivity contribution < 1.29 is 13.9 Å². The van der Waals surface area contributed by atoms with Crippen LogP contribution in [0.15, 0.2) is 54.6 Å². The lowest BCUT2D eigenvalue weighted by molar-refractivity contribution is 0.269. The topological polar surface area (TPSA) is 30.5 Å². The van der Waals surface area contributed by atoms with Crippen LogP contribution in [0.5, 0.6) is 11.5 Å². The summed E-state index contributed by atoms with van der Waals surface area (Å²) in [5.41, 5.74) is 3.79. The van der Waals surface area contributed by atoms with E-state index in [0.717, 1.165) is 11.1 Å². The smallest absolute Gasteiger partial charge is 0.163 e. The number of rotatable bonds is 8. The third-order valence-electron chi connectivity index (χ3n) is 4.33. The van der Waals surface area contributed by atoms with Crippen LogP contribution >= 0.6 is 23.2 Å². The zero-order valence-electron chi connectivity index (χ0n) is 16.3. The van der Waals surface area contributed by atoms with Gasteiger partial charge in [0.2, 0.25) is 0 Å². The van der Waals surface area contributed by atoms with Gasteiger partial charge in [0.1, 0.15) is 12.4 Å². The molecular weight excluding hydrogens is 412 g/mol. The Hall–Kier alpha value is -2.43. The molecule has 0 aromatic heterocycles. The minimum atomic E-state index is -0.455. The fraction of sp³-hybridized carbons (Fsp3) is 0.217. The van der Waals surface area contributed by atoms with Gasteiger partial charge in [-0.1, -0.05) is 53.0 Å². The molecule has 3 aromatic rings. The zero-order valence-corrected chi connectivity index (χ0v) is 17.8. The predicted octanol–water partition coefficient (Wildman–Crippen LogP) is 7.03. The second-order valence-electron chi connectivity index (χ2n) is 6.58. The molecule has 0 saturated heterocycles. The van der Waals surface area contributed by atoms with Gasteiger partial charge in [0.25, 0.3) is 0 Å². The molecule has 0 spiro atoms. The largest absolute Gasteiger partial charge is 0.490 e. The van der Waals surface area contributed by atoms with Crippen LogP contribution in [-0.4, -0.2) is 6.61 Å². The van der Waals surface area contributed by atoms with Gasteiger partial charge in [0, 0.05) is 23.3 Å². The van der Waals surface area contributed by atoms with Crippen LogP contribution < -0.4 is 14.8 Å². The molecule has 0 heterocycles. The van der Waals surface area contributed by atoms with Gasteiger partial charge in [-0.15, -0.1) is 0 Å². The van der Waals surface area contributed by atoms with E-state index in [1.807, 2.05) is 44.2 Å². The van der Waals surface area contributed by atoms with Crippen molar-refractivity contribution in [2.75, 3.05) is 11.9 Å². The zero-order chi connectivity index (χ0) is 20.8. The molecule has 3 rings (SSSR count). The van der Waals surface area contributed by atoms with Crippen molar-refractivity contribution in [2.24, 2.45) is 0 Å². The summed E-state index contributed by atoms with van der Waals surface area (Å²) in [4.78, 5) is 0. The van der Waals surface area contributed by atoms with Gasteiger partial charge in [-0.05, 0) is 49.2 Å². The average molecular weight is 434 g/mol.